The van der Waals surface area contributed by atoms with E-state index in [0.717, 1.165) is 22.3 Å². The number of benzene rings is 4. The van der Waals surface area contributed by atoms with Crippen LogP contribution in [-0.2, 0) is 9.49 Å². The SMILES string of the molecule is CC(O)C(SSC(c1ccccc1)(c1ccccc1)C(C)O)(c1ccccc1)c1ccccc1. The molecule has 0 aromatic heterocycles. The van der Waals surface area contributed by atoms with Crippen molar-refractivity contribution < 1.29 is 10.2 Å². The largest absolute Gasteiger partial charge is 0.391 e. The number of rotatable bonds is 9. The summed E-state index contributed by atoms with van der Waals surface area (Å²) in [5, 5.41) is 22.7. The molecule has 34 heavy (non-hydrogen) atoms. The second-order valence-electron chi connectivity index (χ2n) is 8.45. The molecule has 0 heterocycles. The lowest BCUT2D eigenvalue weighted by Crippen LogP contribution is -2.39. The zero-order valence-corrected chi connectivity index (χ0v) is 21.0. The van der Waals surface area contributed by atoms with Crippen LogP contribution in [0.5, 0.6) is 0 Å². The molecular formula is C30H30O2S2. The lowest BCUT2D eigenvalue weighted by Gasteiger charge is -2.42. The van der Waals surface area contributed by atoms with E-state index in [9.17, 15) is 10.2 Å². The minimum Gasteiger partial charge on any atom is -0.391 e. The summed E-state index contributed by atoms with van der Waals surface area (Å²) in [5.74, 6) is 0. The first kappa shape index (κ1) is 24.6. The molecule has 0 bridgehead atoms. The van der Waals surface area contributed by atoms with Gasteiger partial charge in [0.2, 0.25) is 0 Å². The zero-order chi connectivity index (χ0) is 24.0. The second kappa shape index (κ2) is 10.8. The molecule has 0 spiro atoms. The van der Waals surface area contributed by atoms with E-state index in [-0.39, 0.29) is 0 Å². The molecule has 0 saturated carbocycles. The van der Waals surface area contributed by atoms with Crippen LogP contribution in [0.15, 0.2) is 121 Å². The van der Waals surface area contributed by atoms with Gasteiger partial charge in [-0.1, -0.05) is 143 Å². The third-order valence-corrected chi connectivity index (χ3v) is 10.4. The molecule has 4 rings (SSSR count). The fraction of sp³-hybridized carbons (Fsp3) is 0.200. The van der Waals surface area contributed by atoms with Crippen molar-refractivity contribution in [2.24, 2.45) is 0 Å². The van der Waals surface area contributed by atoms with Crippen LogP contribution in [0, 0.1) is 0 Å². The molecular weight excluding hydrogens is 456 g/mol. The van der Waals surface area contributed by atoms with E-state index < -0.39 is 21.7 Å². The quantitative estimate of drug-likeness (QED) is 0.250. The van der Waals surface area contributed by atoms with Crippen LogP contribution in [0.2, 0.25) is 0 Å². The van der Waals surface area contributed by atoms with Gasteiger partial charge in [0.05, 0.1) is 12.2 Å². The molecule has 4 aromatic rings. The van der Waals surface area contributed by atoms with Crippen LogP contribution in [0.25, 0.3) is 0 Å². The normalized spacial score (nSPS) is 13.9. The van der Waals surface area contributed by atoms with Gasteiger partial charge in [-0.3, -0.25) is 0 Å². The van der Waals surface area contributed by atoms with E-state index in [0.29, 0.717) is 0 Å². The summed E-state index contributed by atoms with van der Waals surface area (Å²) in [6, 6.07) is 40.6. The highest BCUT2D eigenvalue weighted by Crippen LogP contribution is 2.60. The Labute approximate surface area is 210 Å². The summed E-state index contributed by atoms with van der Waals surface area (Å²) < 4.78 is -1.48. The fourth-order valence-corrected chi connectivity index (χ4v) is 8.75. The van der Waals surface area contributed by atoms with Crippen molar-refractivity contribution in [1.82, 2.24) is 0 Å². The standard InChI is InChI=1S/C30H30O2S2/c1-23(31)29(25-15-7-3-8-16-25,26-17-9-4-10-18-26)33-34-30(24(2)32,27-19-11-5-12-20-27)28-21-13-6-14-22-28/h3-24,31-32H,1-2H3. The van der Waals surface area contributed by atoms with Crippen LogP contribution in [0.3, 0.4) is 0 Å². The predicted octanol–water partition coefficient (Wildman–Crippen LogP) is 7.02. The lowest BCUT2D eigenvalue weighted by molar-refractivity contribution is 0.161. The molecule has 174 valence electrons. The smallest absolute Gasteiger partial charge is 0.102 e. The topological polar surface area (TPSA) is 40.5 Å². The zero-order valence-electron chi connectivity index (χ0n) is 19.4. The first-order valence-electron chi connectivity index (χ1n) is 11.5. The van der Waals surface area contributed by atoms with Crippen molar-refractivity contribution in [2.75, 3.05) is 0 Å². The molecule has 0 aliphatic carbocycles. The predicted molar refractivity (Wildman–Crippen MR) is 146 cm³/mol. The van der Waals surface area contributed by atoms with Gasteiger partial charge in [0.25, 0.3) is 0 Å². The third-order valence-electron chi connectivity index (χ3n) is 6.29. The maximum atomic E-state index is 11.3. The van der Waals surface area contributed by atoms with Crippen molar-refractivity contribution in [3.8, 4) is 0 Å². The van der Waals surface area contributed by atoms with Crippen LogP contribution in [0.1, 0.15) is 36.1 Å². The Morgan fingerprint density at radius 3 is 0.824 bits per heavy atom. The molecule has 0 saturated heterocycles. The number of aliphatic hydroxyl groups excluding tert-OH is 2. The average Bonchev–Trinajstić information content (AvgIpc) is 2.89. The summed E-state index contributed by atoms with van der Waals surface area (Å²) in [7, 11) is 3.23. The van der Waals surface area contributed by atoms with Crippen molar-refractivity contribution >= 4 is 21.6 Å². The molecule has 2 unspecified atom stereocenters. The highest BCUT2D eigenvalue weighted by molar-refractivity contribution is 8.77. The summed E-state index contributed by atoms with van der Waals surface area (Å²) in [6.45, 7) is 3.70. The van der Waals surface area contributed by atoms with Gasteiger partial charge in [-0.25, -0.2) is 0 Å². The van der Waals surface area contributed by atoms with Gasteiger partial charge >= 0.3 is 0 Å². The van der Waals surface area contributed by atoms with Gasteiger partial charge in [0.1, 0.15) is 9.49 Å². The van der Waals surface area contributed by atoms with E-state index in [1.807, 2.05) is 86.6 Å². The monoisotopic (exact) mass is 486 g/mol. The maximum Gasteiger partial charge on any atom is 0.102 e. The van der Waals surface area contributed by atoms with Crippen LogP contribution in [0.4, 0.5) is 0 Å². The lowest BCUT2D eigenvalue weighted by atomic mass is 9.86. The summed E-state index contributed by atoms with van der Waals surface area (Å²) in [5.41, 5.74) is 4.09. The Morgan fingerprint density at radius 1 is 0.441 bits per heavy atom. The minimum atomic E-state index is -0.739. The Kier molecular flexibility index (Phi) is 7.84. The highest BCUT2D eigenvalue weighted by Gasteiger charge is 2.47. The summed E-state index contributed by atoms with van der Waals surface area (Å²) in [6.07, 6.45) is -1.37. The van der Waals surface area contributed by atoms with Crippen molar-refractivity contribution in [3.05, 3.63) is 144 Å². The minimum absolute atomic E-state index is 0.687. The number of hydrogen-bond donors (Lipinski definition) is 2. The molecule has 0 amide bonds. The van der Waals surface area contributed by atoms with Crippen molar-refractivity contribution in [1.29, 1.82) is 0 Å². The molecule has 2 N–H and O–H groups in total. The Bertz CT molecular complexity index is 974. The van der Waals surface area contributed by atoms with Gasteiger partial charge in [-0.05, 0) is 36.1 Å². The third kappa shape index (κ3) is 4.56. The fourth-order valence-electron chi connectivity index (χ4n) is 4.50. The van der Waals surface area contributed by atoms with Crippen LogP contribution < -0.4 is 0 Å². The molecule has 4 aromatic carbocycles. The average molecular weight is 487 g/mol. The van der Waals surface area contributed by atoms with E-state index in [1.54, 1.807) is 21.6 Å². The van der Waals surface area contributed by atoms with Crippen molar-refractivity contribution in [3.63, 3.8) is 0 Å². The van der Waals surface area contributed by atoms with Crippen molar-refractivity contribution in [2.45, 2.75) is 35.5 Å². The molecule has 0 fully saturated rings. The highest BCUT2D eigenvalue weighted by atomic mass is 33.1. The van der Waals surface area contributed by atoms with E-state index in [4.69, 9.17) is 0 Å². The van der Waals surface area contributed by atoms with Gasteiger partial charge in [0.15, 0.2) is 0 Å². The Balaban J connectivity index is 1.90. The van der Waals surface area contributed by atoms with Gasteiger partial charge < -0.3 is 10.2 Å². The van der Waals surface area contributed by atoms with E-state index in [2.05, 4.69) is 48.5 Å². The van der Waals surface area contributed by atoms with E-state index >= 15 is 0 Å². The van der Waals surface area contributed by atoms with Gasteiger partial charge in [-0.2, -0.15) is 0 Å². The molecule has 2 nitrogen and oxygen atoms in total. The first-order valence-corrected chi connectivity index (χ1v) is 13.6. The molecule has 2 atom stereocenters. The van der Waals surface area contributed by atoms with Crippen LogP contribution in [-0.4, -0.2) is 22.4 Å². The number of aliphatic hydroxyl groups is 2. The molecule has 0 radical (unpaired) electrons. The summed E-state index contributed by atoms with van der Waals surface area (Å²) >= 11 is 0. The number of hydrogen-bond acceptors (Lipinski definition) is 4. The second-order valence-corrected chi connectivity index (χ2v) is 11.1. The Hall–Kier alpha value is -2.50. The summed E-state index contributed by atoms with van der Waals surface area (Å²) in [4.78, 5) is 0. The van der Waals surface area contributed by atoms with Gasteiger partial charge in [0, 0.05) is 0 Å². The molecule has 4 heteroatoms. The van der Waals surface area contributed by atoms with Crippen LogP contribution >= 0.6 is 21.6 Å². The molecule has 0 aliphatic heterocycles. The molecule has 0 aliphatic rings. The van der Waals surface area contributed by atoms with E-state index in [1.165, 1.54) is 0 Å². The first-order chi connectivity index (χ1) is 16.5. The van der Waals surface area contributed by atoms with Gasteiger partial charge in [-0.15, -0.1) is 0 Å². The maximum absolute atomic E-state index is 11.3. The Morgan fingerprint density at radius 2 is 0.647 bits per heavy atom.